The molecule has 0 radical (unpaired) electrons. The third-order valence-electron chi connectivity index (χ3n) is 20.2. The van der Waals surface area contributed by atoms with Gasteiger partial charge in [0.2, 0.25) is 0 Å². The Bertz CT molecular complexity index is 2830. The summed E-state index contributed by atoms with van der Waals surface area (Å²) in [4.78, 5) is 20.5. The lowest BCUT2D eigenvalue weighted by atomic mass is 9.51. The number of phenolic OH excluding ortho intramolecular Hbond substituents is 2. The number of allylic oxidation sites excluding steroid dienone is 2. The number of carbonyl (C=O) groups is 1. The molecule has 4 saturated carbocycles. The van der Waals surface area contributed by atoms with Gasteiger partial charge in [-0.05, 0) is 183 Å². The van der Waals surface area contributed by atoms with Crippen LogP contribution in [0.25, 0.3) is 0 Å². The monoisotopic (exact) mass is 1030 g/mol. The van der Waals surface area contributed by atoms with E-state index >= 15 is 4.79 Å². The fourth-order valence-electron chi connectivity index (χ4n) is 16.8. The first-order chi connectivity index (χ1) is 36.9. The quantitative estimate of drug-likeness (QED) is 0.0803. The number of Topliss-reactive ketones (excluding diaryl/α,β-unsaturated/α-hetero) is 1. The van der Waals surface area contributed by atoms with Crippen LogP contribution in [-0.4, -0.2) is 83.0 Å². The van der Waals surface area contributed by atoms with E-state index in [9.17, 15) is 25.5 Å². The summed E-state index contributed by atoms with van der Waals surface area (Å²) in [5, 5.41) is 62.9. The summed E-state index contributed by atoms with van der Waals surface area (Å²) in [5.74, 6) is 7.28. The molecule has 0 aromatic heterocycles. The van der Waals surface area contributed by atoms with Crippen LogP contribution in [0.4, 0.5) is 0 Å². The summed E-state index contributed by atoms with van der Waals surface area (Å²) in [5.41, 5.74) is 15.3. The molecular formula is C65H83N3O8. The van der Waals surface area contributed by atoms with Gasteiger partial charge in [-0.25, -0.2) is 4.99 Å². The smallest absolute Gasteiger partial charge is 0.189 e. The number of aliphatic hydroxyl groups is 3. The number of rotatable bonds is 9. The molecule has 8 bridgehead atoms. The molecule has 8 N–H and O–H groups in total. The van der Waals surface area contributed by atoms with Crippen molar-refractivity contribution in [3.05, 3.63) is 110 Å². The Morgan fingerprint density at radius 1 is 0.921 bits per heavy atom. The number of benzene rings is 3. The van der Waals surface area contributed by atoms with Gasteiger partial charge < -0.3 is 46.1 Å². The molecule has 0 amide bonds. The minimum atomic E-state index is -0.923. The first-order valence-corrected chi connectivity index (χ1v) is 29.3. The standard InChI is InChI=1S/C65H83N3O8/c1-4-49-44(34-69)28-42-19-18-41(30-57(73)59(42)55(49)35-70)52-31-58(76-48-15-6-7-16-48)62(74)61-50(52)17-11-14-46-32-64(37-71)33-54-51(22-38(2)23-53(54)60(61)56(64)36-75-3)43-25-40(27-47(72)29-43)24-39-12-10-13-45(26-39)65(68-63(66)67-46)20-8-5-9-21-65/h10,12-13,25-27,29,31,33,38,41-42,44,46,48-49,51,53,56,60,69-72,74H,4-9,14-16,18-24,28,30,32,34-37H2,1-3H3,(H3,66,67,68)/t38-,41+,42+,44+,46+,49-,51+,53+,56-,60+,64-/m1/s1. The zero-order valence-electron chi connectivity index (χ0n) is 45.3. The van der Waals surface area contributed by atoms with Gasteiger partial charge in [-0.2, -0.15) is 0 Å². The van der Waals surface area contributed by atoms with E-state index in [0.717, 1.165) is 110 Å². The van der Waals surface area contributed by atoms with Crippen molar-refractivity contribution in [2.75, 3.05) is 33.5 Å². The van der Waals surface area contributed by atoms with Crippen molar-refractivity contribution in [1.29, 1.82) is 0 Å². The van der Waals surface area contributed by atoms with Crippen molar-refractivity contribution in [2.24, 2.45) is 51.6 Å². The molecule has 3 aromatic rings. The predicted molar refractivity (Wildman–Crippen MR) is 296 cm³/mol. The number of carbonyl (C=O) groups excluding carboxylic acids is 1. The first kappa shape index (κ1) is 52.9. The van der Waals surface area contributed by atoms with Crippen LogP contribution in [0.3, 0.4) is 0 Å². The molecule has 406 valence electrons. The van der Waals surface area contributed by atoms with Crippen LogP contribution in [0, 0.1) is 52.8 Å². The van der Waals surface area contributed by atoms with E-state index in [2.05, 4.69) is 67.4 Å². The van der Waals surface area contributed by atoms with Crippen LogP contribution in [0.1, 0.15) is 186 Å². The molecule has 0 saturated heterocycles. The van der Waals surface area contributed by atoms with E-state index in [1.807, 2.05) is 18.2 Å². The zero-order valence-corrected chi connectivity index (χ0v) is 45.3. The molecule has 1 spiro atoms. The van der Waals surface area contributed by atoms with Crippen molar-refractivity contribution in [3.63, 3.8) is 0 Å². The van der Waals surface area contributed by atoms with E-state index in [4.69, 9.17) is 20.2 Å². The maximum atomic E-state index is 15.1. The van der Waals surface area contributed by atoms with Gasteiger partial charge in [0, 0.05) is 60.9 Å². The van der Waals surface area contributed by atoms with Gasteiger partial charge >= 0.3 is 0 Å². The van der Waals surface area contributed by atoms with Crippen LogP contribution in [-0.2, 0) is 21.5 Å². The second kappa shape index (κ2) is 22.0. The second-order valence-corrected chi connectivity index (χ2v) is 24.8. The highest BCUT2D eigenvalue weighted by Gasteiger charge is 2.55. The number of nitrogens with zero attached hydrogens (tertiary/aromatic N) is 1. The third kappa shape index (κ3) is 9.81. The average Bonchev–Trinajstić information content (AvgIpc) is 4.01. The van der Waals surface area contributed by atoms with Gasteiger partial charge in [0.15, 0.2) is 23.2 Å². The topological polar surface area (TPSA) is 187 Å². The first-order valence-electron chi connectivity index (χ1n) is 29.3. The Morgan fingerprint density at radius 2 is 1.72 bits per heavy atom. The van der Waals surface area contributed by atoms with Crippen molar-refractivity contribution in [2.45, 2.75) is 171 Å². The molecule has 1 aliphatic heterocycles. The van der Waals surface area contributed by atoms with Crippen LogP contribution >= 0.6 is 0 Å². The summed E-state index contributed by atoms with van der Waals surface area (Å²) >= 11 is 0. The van der Waals surface area contributed by atoms with Crippen molar-refractivity contribution in [1.82, 2.24) is 5.32 Å². The summed E-state index contributed by atoms with van der Waals surface area (Å²) in [6.07, 6.45) is 17.3. The Labute approximate surface area is 450 Å². The lowest BCUT2D eigenvalue weighted by Crippen LogP contribution is -2.51. The minimum Gasteiger partial charge on any atom is -0.508 e. The average molecular weight is 1030 g/mol. The lowest BCUT2D eigenvalue weighted by molar-refractivity contribution is -0.116. The number of nitrogens with one attached hydrogen (secondary N) is 1. The number of hydrogen-bond acceptors (Lipinski definition) is 11. The van der Waals surface area contributed by atoms with Gasteiger partial charge in [-0.3, -0.25) is 4.79 Å². The summed E-state index contributed by atoms with van der Waals surface area (Å²) in [6, 6.07) is 16.5. The van der Waals surface area contributed by atoms with Crippen LogP contribution in [0.15, 0.2) is 76.3 Å². The number of guanidine groups is 1. The summed E-state index contributed by atoms with van der Waals surface area (Å²) in [7, 11) is 1.73. The fourth-order valence-corrected chi connectivity index (χ4v) is 16.8. The lowest BCUT2D eigenvalue weighted by Gasteiger charge is -2.54. The molecule has 11 rings (SSSR count). The zero-order chi connectivity index (χ0) is 52.9. The number of nitrogens with two attached hydrogens (primary N) is 1. The van der Waals surface area contributed by atoms with Crippen molar-refractivity contribution in [3.8, 4) is 29.1 Å². The molecule has 0 unspecified atom stereocenters. The number of ketones is 1. The molecule has 8 aliphatic rings. The van der Waals surface area contributed by atoms with Crippen molar-refractivity contribution < 1.29 is 39.8 Å². The molecule has 7 aliphatic carbocycles. The van der Waals surface area contributed by atoms with Gasteiger partial charge in [-0.15, -0.1) is 0 Å². The van der Waals surface area contributed by atoms with E-state index < -0.39 is 22.9 Å². The summed E-state index contributed by atoms with van der Waals surface area (Å²) in [6.45, 7) is 4.27. The highest BCUT2D eigenvalue weighted by Crippen LogP contribution is 2.63. The highest BCUT2D eigenvalue weighted by molar-refractivity contribution is 5.98. The Hall–Kier alpha value is -5.12. The number of hydrogen-bond donors (Lipinski definition) is 7. The molecule has 11 atom stereocenters. The molecule has 4 fully saturated rings. The van der Waals surface area contributed by atoms with E-state index in [1.165, 1.54) is 11.1 Å². The molecular weight excluding hydrogens is 951 g/mol. The Morgan fingerprint density at radius 3 is 2.47 bits per heavy atom. The Balaban J connectivity index is 1.16. The Kier molecular flexibility index (Phi) is 15.3. The minimum absolute atomic E-state index is 0.0106. The number of methoxy groups -OCH3 is 1. The van der Waals surface area contributed by atoms with E-state index in [0.29, 0.717) is 61.4 Å². The van der Waals surface area contributed by atoms with Gasteiger partial charge in [-0.1, -0.05) is 86.9 Å². The van der Waals surface area contributed by atoms with Crippen molar-refractivity contribution >= 4 is 11.7 Å². The largest absolute Gasteiger partial charge is 0.508 e. The van der Waals surface area contributed by atoms with Gasteiger partial charge in [0.25, 0.3) is 0 Å². The molecule has 11 nitrogen and oxygen atoms in total. The number of phenols is 2. The number of aliphatic hydroxyl groups excluding tert-OH is 3. The number of aromatic hydroxyl groups is 2. The van der Waals surface area contributed by atoms with Crippen LogP contribution in [0.5, 0.6) is 17.2 Å². The molecule has 76 heavy (non-hydrogen) atoms. The number of ether oxygens (including phenoxy) is 2. The number of fused-ring (bicyclic) bond motifs is 12. The van der Waals surface area contributed by atoms with Crippen LogP contribution < -0.4 is 15.8 Å². The van der Waals surface area contributed by atoms with Gasteiger partial charge in [0.05, 0.1) is 37.5 Å². The highest BCUT2D eigenvalue weighted by atomic mass is 16.5. The maximum absolute atomic E-state index is 15.1. The normalized spacial score (nSPS) is 32.2. The van der Waals surface area contributed by atoms with Gasteiger partial charge in [0.1, 0.15) is 5.75 Å². The number of aliphatic imine (C=N–C) groups is 1. The molecule has 1 heterocycles. The molecule has 11 heteroatoms. The summed E-state index contributed by atoms with van der Waals surface area (Å²) < 4.78 is 13.3. The second-order valence-electron chi connectivity index (χ2n) is 24.8. The van der Waals surface area contributed by atoms with Crippen LogP contribution in [0.2, 0.25) is 0 Å². The van der Waals surface area contributed by atoms with E-state index in [1.54, 1.807) is 7.11 Å². The van der Waals surface area contributed by atoms with E-state index in [-0.39, 0.29) is 104 Å². The fraction of sp³-hybridized carbons (Fsp3) is 0.600. The third-order valence-corrected chi connectivity index (χ3v) is 20.2. The predicted octanol–water partition coefficient (Wildman–Crippen LogP) is 10.5. The SMILES string of the molecule is CC[C@H]1C(CO)=C2C(=O)C[C@@H](c3cc(OC4CCCC4)c(O)c4c3C#CC[C@H]3C[C@]5(CO)C=C6[C@@H](C[C@@H](C)C[C@@H]6[C@H]4[C@H]5COC)c4cc(O)cc(c4)Cc4cccc(c4)C4(CCCCC4)NC(N)=N3)CC[C@H]2C[C@H]1CO. The maximum Gasteiger partial charge on any atom is 0.189 e. The molecule has 3 aromatic carbocycles.